The van der Waals surface area contributed by atoms with Gasteiger partial charge in [0.1, 0.15) is 17.4 Å². The van der Waals surface area contributed by atoms with E-state index in [1.165, 1.54) is 18.2 Å². The number of carboxylic acid groups (broad SMARTS) is 1. The molecule has 2 aromatic carbocycles. The first kappa shape index (κ1) is 12.0. The van der Waals surface area contributed by atoms with Crippen LogP contribution in [0.1, 0.15) is 10.4 Å². The van der Waals surface area contributed by atoms with E-state index in [4.69, 9.17) is 5.11 Å². The van der Waals surface area contributed by atoms with Crippen LogP contribution in [0.25, 0.3) is 11.1 Å². The van der Waals surface area contributed by atoms with Crippen molar-refractivity contribution in [1.29, 1.82) is 0 Å². The monoisotopic (exact) mass is 250 g/mol. The summed E-state index contributed by atoms with van der Waals surface area (Å²) >= 11 is 0. The Balaban J connectivity index is 2.60. The van der Waals surface area contributed by atoms with Crippen molar-refractivity contribution in [3.8, 4) is 16.9 Å². The number of aromatic hydroxyl groups is 1. The maximum Gasteiger partial charge on any atom is 0.335 e. The van der Waals surface area contributed by atoms with E-state index in [1.54, 1.807) is 0 Å². The number of hydrogen-bond acceptors (Lipinski definition) is 2. The van der Waals surface area contributed by atoms with Crippen molar-refractivity contribution in [2.75, 3.05) is 0 Å². The van der Waals surface area contributed by atoms with Gasteiger partial charge in [-0.05, 0) is 35.9 Å². The second kappa shape index (κ2) is 4.44. The topological polar surface area (TPSA) is 57.5 Å². The molecule has 0 saturated heterocycles. The van der Waals surface area contributed by atoms with Crippen LogP contribution >= 0.6 is 0 Å². The summed E-state index contributed by atoms with van der Waals surface area (Å²) in [5.74, 6) is -3.09. The molecular formula is C13H8F2O3. The molecule has 2 aromatic rings. The van der Waals surface area contributed by atoms with E-state index in [0.29, 0.717) is 6.07 Å². The molecule has 0 amide bonds. The van der Waals surface area contributed by atoms with Crippen molar-refractivity contribution in [3.05, 3.63) is 53.6 Å². The van der Waals surface area contributed by atoms with E-state index in [1.807, 2.05) is 0 Å². The molecule has 0 bridgehead atoms. The largest absolute Gasteiger partial charge is 0.508 e. The van der Waals surface area contributed by atoms with Gasteiger partial charge < -0.3 is 10.2 Å². The first-order chi connectivity index (χ1) is 8.47. The highest BCUT2D eigenvalue weighted by Crippen LogP contribution is 2.28. The van der Waals surface area contributed by atoms with E-state index >= 15 is 0 Å². The van der Waals surface area contributed by atoms with E-state index in [-0.39, 0.29) is 22.4 Å². The second-order valence-corrected chi connectivity index (χ2v) is 3.70. The van der Waals surface area contributed by atoms with Gasteiger partial charge in [-0.25, -0.2) is 13.6 Å². The molecule has 0 aromatic heterocycles. The molecule has 3 nitrogen and oxygen atoms in total. The van der Waals surface area contributed by atoms with Crippen molar-refractivity contribution in [1.82, 2.24) is 0 Å². The minimum absolute atomic E-state index is 0.0230. The van der Waals surface area contributed by atoms with E-state index in [0.717, 1.165) is 12.1 Å². The van der Waals surface area contributed by atoms with Crippen molar-refractivity contribution >= 4 is 5.97 Å². The van der Waals surface area contributed by atoms with Crippen molar-refractivity contribution in [2.45, 2.75) is 0 Å². The van der Waals surface area contributed by atoms with E-state index in [2.05, 4.69) is 0 Å². The zero-order valence-corrected chi connectivity index (χ0v) is 9.02. The predicted octanol–water partition coefficient (Wildman–Crippen LogP) is 3.04. The van der Waals surface area contributed by atoms with Gasteiger partial charge in [-0.1, -0.05) is 0 Å². The van der Waals surface area contributed by atoms with Crippen LogP contribution in [-0.2, 0) is 0 Å². The van der Waals surface area contributed by atoms with Gasteiger partial charge in [0, 0.05) is 11.6 Å². The SMILES string of the molecule is O=C(O)c1cc(O)cc(-c2ccc(F)cc2F)c1. The van der Waals surface area contributed by atoms with E-state index < -0.39 is 17.6 Å². The van der Waals surface area contributed by atoms with Gasteiger partial charge in [-0.3, -0.25) is 0 Å². The zero-order valence-electron chi connectivity index (χ0n) is 9.02. The van der Waals surface area contributed by atoms with Crippen molar-refractivity contribution < 1.29 is 23.8 Å². The van der Waals surface area contributed by atoms with Gasteiger partial charge in [0.15, 0.2) is 0 Å². The zero-order chi connectivity index (χ0) is 13.3. The summed E-state index contributed by atoms with van der Waals surface area (Å²) in [5, 5.41) is 18.2. The molecule has 0 unspecified atom stereocenters. The van der Waals surface area contributed by atoms with Crippen molar-refractivity contribution in [2.24, 2.45) is 0 Å². The molecule has 2 N–H and O–H groups in total. The lowest BCUT2D eigenvalue weighted by Gasteiger charge is -2.06. The molecule has 92 valence electrons. The summed E-state index contributed by atoms with van der Waals surface area (Å²) in [6.07, 6.45) is 0. The quantitative estimate of drug-likeness (QED) is 0.861. The minimum Gasteiger partial charge on any atom is -0.508 e. The number of rotatable bonds is 2. The molecule has 0 aliphatic carbocycles. The Labute approximate surface area is 101 Å². The Morgan fingerprint density at radius 2 is 1.78 bits per heavy atom. The summed E-state index contributed by atoms with van der Waals surface area (Å²) in [6.45, 7) is 0. The van der Waals surface area contributed by atoms with Gasteiger partial charge in [0.2, 0.25) is 0 Å². The number of phenolic OH excluding ortho intramolecular Hbond substituents is 1. The van der Waals surface area contributed by atoms with Crippen LogP contribution in [0, 0.1) is 11.6 Å². The molecule has 5 heteroatoms. The van der Waals surface area contributed by atoms with Crippen LogP contribution in [0.2, 0.25) is 0 Å². The van der Waals surface area contributed by atoms with E-state index in [9.17, 15) is 18.7 Å². The molecule has 0 aliphatic rings. The smallest absolute Gasteiger partial charge is 0.335 e. The van der Waals surface area contributed by atoms with Crippen LogP contribution < -0.4 is 0 Å². The fourth-order valence-electron chi connectivity index (χ4n) is 1.61. The van der Waals surface area contributed by atoms with Crippen LogP contribution in [0.3, 0.4) is 0 Å². The van der Waals surface area contributed by atoms with Crippen LogP contribution in [0.15, 0.2) is 36.4 Å². The number of halogens is 2. The Bertz CT molecular complexity index is 624. The lowest BCUT2D eigenvalue weighted by atomic mass is 10.0. The first-order valence-corrected chi connectivity index (χ1v) is 5.00. The number of phenols is 1. The minimum atomic E-state index is -1.24. The van der Waals surface area contributed by atoms with Crippen LogP contribution in [0.4, 0.5) is 8.78 Å². The summed E-state index contributed by atoms with van der Waals surface area (Å²) in [7, 11) is 0. The van der Waals surface area contributed by atoms with Gasteiger partial charge in [0.05, 0.1) is 5.56 Å². The number of carboxylic acids is 1. The number of carbonyl (C=O) groups is 1. The average molecular weight is 250 g/mol. The third-order valence-electron chi connectivity index (χ3n) is 2.41. The Morgan fingerprint density at radius 1 is 1.06 bits per heavy atom. The van der Waals surface area contributed by atoms with Gasteiger partial charge >= 0.3 is 5.97 Å². The summed E-state index contributed by atoms with van der Waals surface area (Å²) in [6, 6.07) is 6.40. The maximum atomic E-state index is 13.5. The van der Waals surface area contributed by atoms with Crippen molar-refractivity contribution in [3.63, 3.8) is 0 Å². The molecule has 0 aliphatic heterocycles. The molecule has 0 atom stereocenters. The highest BCUT2D eigenvalue weighted by atomic mass is 19.1. The maximum absolute atomic E-state index is 13.5. The average Bonchev–Trinajstić information content (AvgIpc) is 2.27. The number of benzene rings is 2. The Hall–Kier alpha value is -2.43. The molecule has 0 radical (unpaired) electrons. The number of hydrogen-bond donors (Lipinski definition) is 2. The highest BCUT2D eigenvalue weighted by Gasteiger charge is 2.11. The summed E-state index contributed by atoms with van der Waals surface area (Å²) in [5.41, 5.74) is 0.0217. The first-order valence-electron chi connectivity index (χ1n) is 5.00. The Morgan fingerprint density at radius 3 is 2.39 bits per heavy atom. The summed E-state index contributed by atoms with van der Waals surface area (Å²) < 4.78 is 26.3. The Kier molecular flexibility index (Phi) is 2.97. The normalized spacial score (nSPS) is 10.3. The summed E-state index contributed by atoms with van der Waals surface area (Å²) in [4.78, 5) is 10.8. The molecular weight excluding hydrogens is 242 g/mol. The third kappa shape index (κ3) is 2.29. The van der Waals surface area contributed by atoms with Crippen LogP contribution in [-0.4, -0.2) is 16.2 Å². The second-order valence-electron chi connectivity index (χ2n) is 3.70. The molecule has 0 saturated carbocycles. The molecule has 18 heavy (non-hydrogen) atoms. The van der Waals surface area contributed by atoms with Gasteiger partial charge in [-0.15, -0.1) is 0 Å². The molecule has 2 rings (SSSR count). The standard InChI is InChI=1S/C13H8F2O3/c14-9-1-2-11(12(15)6-9)7-3-8(13(17)18)5-10(16)4-7/h1-6,16H,(H,17,18). The predicted molar refractivity (Wildman–Crippen MR) is 60.4 cm³/mol. The fraction of sp³-hybridized carbons (Fsp3) is 0. The van der Waals surface area contributed by atoms with Crippen LogP contribution in [0.5, 0.6) is 5.75 Å². The van der Waals surface area contributed by atoms with Gasteiger partial charge in [0.25, 0.3) is 0 Å². The fourth-order valence-corrected chi connectivity index (χ4v) is 1.61. The molecule has 0 heterocycles. The number of aromatic carboxylic acids is 1. The highest BCUT2D eigenvalue weighted by molar-refractivity contribution is 5.90. The molecule has 0 fully saturated rings. The lowest BCUT2D eigenvalue weighted by Crippen LogP contribution is -1.97. The lowest BCUT2D eigenvalue weighted by molar-refractivity contribution is 0.0696. The third-order valence-corrected chi connectivity index (χ3v) is 2.41. The molecule has 0 spiro atoms. The van der Waals surface area contributed by atoms with Gasteiger partial charge in [-0.2, -0.15) is 0 Å².